The van der Waals surface area contributed by atoms with Gasteiger partial charge in [-0.2, -0.15) is 0 Å². The SMILES string of the molecule is Cc1ccc(-c2ccc(C=C3SC(=S)N(C(CC(=O)O)C(=O)O)C3=O)o2)cc1[N+](=O)[O-]. The Morgan fingerprint density at radius 1 is 1.32 bits per heavy atom. The van der Waals surface area contributed by atoms with E-state index >= 15 is 0 Å². The molecule has 2 heterocycles. The lowest BCUT2D eigenvalue weighted by molar-refractivity contribution is -0.385. The molecule has 1 unspecified atom stereocenters. The molecule has 1 aromatic carbocycles. The number of thiocarbonyl (C=S) groups is 1. The van der Waals surface area contributed by atoms with E-state index in [0.717, 1.165) is 16.7 Å². The van der Waals surface area contributed by atoms with Crippen molar-refractivity contribution in [1.29, 1.82) is 0 Å². The van der Waals surface area contributed by atoms with Crippen molar-refractivity contribution in [2.24, 2.45) is 0 Å². The number of amides is 1. The standard InChI is InChI=1S/C19H14N2O8S2/c1-9-2-3-10(6-12(9)21(27)28)14-5-4-11(29-14)7-15-17(24)20(19(30)31-15)13(18(25)26)8-16(22)23/h2-7,13H,8H2,1H3,(H,22,23)(H,25,26). The van der Waals surface area contributed by atoms with E-state index in [9.17, 15) is 29.6 Å². The number of carboxylic acid groups (broad SMARTS) is 2. The summed E-state index contributed by atoms with van der Waals surface area (Å²) in [6.07, 6.45) is 0.553. The van der Waals surface area contributed by atoms with Gasteiger partial charge in [0.1, 0.15) is 21.9 Å². The first kappa shape index (κ1) is 22.2. The van der Waals surface area contributed by atoms with Crippen molar-refractivity contribution in [3.63, 3.8) is 0 Å². The zero-order valence-electron chi connectivity index (χ0n) is 15.8. The van der Waals surface area contributed by atoms with Crippen molar-refractivity contribution in [3.05, 3.63) is 56.7 Å². The van der Waals surface area contributed by atoms with E-state index in [-0.39, 0.29) is 20.7 Å². The van der Waals surface area contributed by atoms with Crippen LogP contribution < -0.4 is 0 Å². The van der Waals surface area contributed by atoms with Gasteiger partial charge < -0.3 is 14.6 Å². The predicted octanol–water partition coefficient (Wildman–Crippen LogP) is 3.29. The number of carbonyl (C=O) groups excluding carboxylic acids is 1. The second-order valence-corrected chi connectivity index (χ2v) is 8.14. The molecule has 2 N–H and O–H groups in total. The van der Waals surface area contributed by atoms with E-state index in [4.69, 9.17) is 21.7 Å². The number of hydrogen-bond donors (Lipinski definition) is 2. The van der Waals surface area contributed by atoms with Gasteiger partial charge >= 0.3 is 11.9 Å². The summed E-state index contributed by atoms with van der Waals surface area (Å²) < 4.78 is 5.58. The lowest BCUT2D eigenvalue weighted by atomic mass is 10.1. The van der Waals surface area contributed by atoms with Crippen LogP contribution in [-0.2, 0) is 14.4 Å². The molecular formula is C19H14N2O8S2. The first-order valence-corrected chi connectivity index (χ1v) is 9.88. The van der Waals surface area contributed by atoms with Gasteiger partial charge in [-0.3, -0.25) is 24.6 Å². The minimum absolute atomic E-state index is 0.0607. The number of rotatable bonds is 7. The second kappa shape index (κ2) is 8.70. The lowest BCUT2D eigenvalue weighted by Crippen LogP contribution is -2.45. The third-order valence-electron chi connectivity index (χ3n) is 4.38. The molecule has 2 aromatic rings. The van der Waals surface area contributed by atoms with Gasteiger partial charge in [-0.1, -0.05) is 36.1 Å². The molecule has 31 heavy (non-hydrogen) atoms. The van der Waals surface area contributed by atoms with Crippen molar-refractivity contribution in [2.75, 3.05) is 0 Å². The number of aryl methyl sites for hydroxylation is 1. The van der Waals surface area contributed by atoms with Crippen molar-refractivity contribution >= 4 is 57.9 Å². The number of carbonyl (C=O) groups is 3. The number of nitro groups is 1. The minimum atomic E-state index is -1.63. The molecule has 1 atom stereocenters. The highest BCUT2D eigenvalue weighted by Crippen LogP contribution is 2.36. The smallest absolute Gasteiger partial charge is 0.327 e. The number of carboxylic acids is 2. The Morgan fingerprint density at radius 3 is 2.65 bits per heavy atom. The molecule has 1 fully saturated rings. The van der Waals surface area contributed by atoms with Gasteiger partial charge in [0.05, 0.1) is 16.2 Å². The molecule has 1 aromatic heterocycles. The molecule has 1 amide bonds. The first-order chi connectivity index (χ1) is 14.6. The van der Waals surface area contributed by atoms with E-state index in [1.807, 2.05) is 0 Å². The van der Waals surface area contributed by atoms with Gasteiger partial charge in [0.15, 0.2) is 0 Å². The van der Waals surface area contributed by atoms with Crippen LogP contribution in [0.3, 0.4) is 0 Å². The Morgan fingerprint density at radius 2 is 2.03 bits per heavy atom. The quantitative estimate of drug-likeness (QED) is 0.271. The van der Waals surface area contributed by atoms with Gasteiger partial charge in [-0.05, 0) is 19.1 Å². The highest BCUT2D eigenvalue weighted by molar-refractivity contribution is 8.26. The van der Waals surface area contributed by atoms with Gasteiger partial charge in [-0.25, -0.2) is 4.79 Å². The largest absolute Gasteiger partial charge is 0.481 e. The zero-order valence-corrected chi connectivity index (χ0v) is 17.4. The van der Waals surface area contributed by atoms with Crippen LogP contribution >= 0.6 is 24.0 Å². The fourth-order valence-corrected chi connectivity index (χ4v) is 4.21. The summed E-state index contributed by atoms with van der Waals surface area (Å²) in [6.45, 7) is 1.62. The van der Waals surface area contributed by atoms with Crippen LogP contribution in [0.5, 0.6) is 0 Å². The molecule has 1 aliphatic heterocycles. The summed E-state index contributed by atoms with van der Waals surface area (Å²) in [5, 5.41) is 29.4. The number of furan rings is 1. The average Bonchev–Trinajstić information content (AvgIpc) is 3.25. The van der Waals surface area contributed by atoms with Crippen LogP contribution in [0, 0.1) is 17.0 Å². The normalized spacial score (nSPS) is 16.0. The number of thioether (sulfide) groups is 1. The fourth-order valence-electron chi connectivity index (χ4n) is 2.88. The fraction of sp³-hybridized carbons (Fsp3) is 0.158. The van der Waals surface area contributed by atoms with E-state index in [1.165, 1.54) is 12.1 Å². The molecule has 0 saturated carbocycles. The summed E-state index contributed by atoms with van der Waals surface area (Å²) in [5.41, 5.74) is 0.907. The summed E-state index contributed by atoms with van der Waals surface area (Å²) >= 11 is 5.89. The van der Waals surface area contributed by atoms with Gasteiger partial charge in [-0.15, -0.1) is 0 Å². The zero-order chi connectivity index (χ0) is 22.9. The molecule has 10 nitrogen and oxygen atoms in total. The number of hydrogen-bond acceptors (Lipinski definition) is 8. The van der Waals surface area contributed by atoms with Gasteiger partial charge in [0.2, 0.25) is 0 Å². The molecule has 12 heteroatoms. The third-order valence-corrected chi connectivity index (χ3v) is 5.71. The molecule has 0 radical (unpaired) electrons. The maximum atomic E-state index is 12.7. The average molecular weight is 462 g/mol. The second-order valence-electron chi connectivity index (χ2n) is 6.46. The molecule has 0 aliphatic carbocycles. The van der Waals surface area contributed by atoms with Crippen molar-refractivity contribution in [1.82, 2.24) is 4.90 Å². The van der Waals surface area contributed by atoms with Crippen LogP contribution in [0.4, 0.5) is 5.69 Å². The lowest BCUT2D eigenvalue weighted by Gasteiger charge is -2.21. The van der Waals surface area contributed by atoms with Crippen LogP contribution in [0.25, 0.3) is 17.4 Å². The molecule has 3 rings (SSSR count). The number of nitro benzene ring substituents is 1. The van der Waals surface area contributed by atoms with Crippen LogP contribution in [0.15, 0.2) is 39.7 Å². The van der Waals surface area contributed by atoms with Crippen LogP contribution in [0.1, 0.15) is 17.7 Å². The molecule has 1 saturated heterocycles. The topological polar surface area (TPSA) is 151 Å². The molecule has 0 bridgehead atoms. The maximum Gasteiger partial charge on any atom is 0.327 e. The highest BCUT2D eigenvalue weighted by Gasteiger charge is 2.41. The summed E-state index contributed by atoms with van der Waals surface area (Å²) in [4.78, 5) is 46.5. The van der Waals surface area contributed by atoms with Crippen molar-refractivity contribution in [3.8, 4) is 11.3 Å². The van der Waals surface area contributed by atoms with Crippen molar-refractivity contribution < 1.29 is 33.9 Å². The van der Waals surface area contributed by atoms with Crippen LogP contribution in [-0.4, -0.2) is 48.2 Å². The number of nitrogens with zero attached hydrogens (tertiary/aromatic N) is 2. The summed E-state index contributed by atoms with van der Waals surface area (Å²) in [7, 11) is 0. The molecule has 160 valence electrons. The monoisotopic (exact) mass is 462 g/mol. The maximum absolute atomic E-state index is 12.7. The third kappa shape index (κ3) is 4.64. The summed E-state index contributed by atoms with van der Waals surface area (Å²) in [6, 6.07) is 6.12. The minimum Gasteiger partial charge on any atom is -0.481 e. The Labute approximate surface area is 184 Å². The van der Waals surface area contributed by atoms with E-state index in [2.05, 4.69) is 0 Å². The van der Waals surface area contributed by atoms with E-state index in [1.54, 1.807) is 31.2 Å². The Hall–Kier alpha value is -3.51. The van der Waals surface area contributed by atoms with E-state index < -0.39 is 35.2 Å². The highest BCUT2D eigenvalue weighted by atomic mass is 32.2. The predicted molar refractivity (Wildman–Crippen MR) is 114 cm³/mol. The Kier molecular flexibility index (Phi) is 6.22. The summed E-state index contributed by atoms with van der Waals surface area (Å²) in [5.74, 6) is -3.04. The number of aliphatic carboxylic acids is 2. The van der Waals surface area contributed by atoms with Crippen molar-refractivity contribution in [2.45, 2.75) is 19.4 Å². The van der Waals surface area contributed by atoms with Gasteiger partial charge in [0, 0.05) is 23.3 Å². The van der Waals surface area contributed by atoms with Crippen LogP contribution in [0.2, 0.25) is 0 Å². The molecule has 0 spiro atoms. The Balaban J connectivity index is 1.88. The number of benzene rings is 1. The van der Waals surface area contributed by atoms with Gasteiger partial charge in [0.25, 0.3) is 11.6 Å². The Bertz CT molecular complexity index is 1150. The van der Waals surface area contributed by atoms with E-state index in [0.29, 0.717) is 16.9 Å². The molecular weight excluding hydrogens is 448 g/mol. The first-order valence-electron chi connectivity index (χ1n) is 8.65. The molecule has 1 aliphatic rings.